The first-order chi connectivity index (χ1) is 13.1. The maximum absolute atomic E-state index is 12.6. The highest BCUT2D eigenvalue weighted by molar-refractivity contribution is 9.10. The first-order valence-corrected chi connectivity index (χ1v) is 12.2. The molecule has 27 heavy (non-hydrogen) atoms. The number of benzene rings is 1. The van der Waals surface area contributed by atoms with Gasteiger partial charge in [0.05, 0.1) is 10.9 Å². The minimum atomic E-state index is -0.209. The minimum absolute atomic E-state index is 0.0561. The molecule has 0 bridgehead atoms. The topological polar surface area (TPSA) is 37.4 Å². The van der Waals surface area contributed by atoms with E-state index in [2.05, 4.69) is 22.9 Å². The van der Waals surface area contributed by atoms with Crippen molar-refractivity contribution in [3.05, 3.63) is 28.7 Å². The SMILES string of the molecule is CCCCCCCCCCCCS[C@H]1CC(=O)N(c2ccc(Br)cc2)C1=O. The molecule has 3 nitrogen and oxygen atoms in total. The van der Waals surface area contributed by atoms with E-state index < -0.39 is 0 Å². The lowest BCUT2D eigenvalue weighted by Crippen LogP contribution is -2.31. The monoisotopic (exact) mass is 453 g/mol. The molecule has 2 amide bonds. The van der Waals surface area contributed by atoms with Gasteiger partial charge in [-0.05, 0) is 36.4 Å². The van der Waals surface area contributed by atoms with Gasteiger partial charge in [-0.1, -0.05) is 80.6 Å². The number of hydrogen-bond donors (Lipinski definition) is 0. The fourth-order valence-corrected chi connectivity index (χ4v) is 4.84. The summed E-state index contributed by atoms with van der Waals surface area (Å²) in [5.41, 5.74) is 0.676. The van der Waals surface area contributed by atoms with Gasteiger partial charge in [-0.3, -0.25) is 9.59 Å². The highest BCUT2D eigenvalue weighted by Gasteiger charge is 2.39. The van der Waals surface area contributed by atoms with E-state index in [4.69, 9.17) is 0 Å². The average molecular weight is 454 g/mol. The maximum Gasteiger partial charge on any atom is 0.247 e. The number of unbranched alkanes of at least 4 members (excludes halogenated alkanes) is 9. The number of anilines is 1. The third-order valence-corrected chi connectivity index (χ3v) is 6.83. The van der Waals surface area contributed by atoms with Crippen LogP contribution in [0.5, 0.6) is 0 Å². The fraction of sp³-hybridized carbons (Fsp3) is 0.636. The third kappa shape index (κ3) is 7.61. The van der Waals surface area contributed by atoms with E-state index >= 15 is 0 Å². The molecule has 2 rings (SSSR count). The van der Waals surface area contributed by atoms with Crippen molar-refractivity contribution in [2.75, 3.05) is 10.7 Å². The summed E-state index contributed by atoms with van der Waals surface area (Å²) in [4.78, 5) is 26.2. The lowest BCUT2D eigenvalue weighted by molar-refractivity contribution is -0.121. The third-order valence-electron chi connectivity index (χ3n) is 5.01. The molecule has 5 heteroatoms. The van der Waals surface area contributed by atoms with Crippen LogP contribution in [0, 0.1) is 0 Å². The predicted molar refractivity (Wildman–Crippen MR) is 119 cm³/mol. The lowest BCUT2D eigenvalue weighted by atomic mass is 10.1. The molecule has 0 aliphatic carbocycles. The Bertz CT molecular complexity index is 590. The summed E-state index contributed by atoms with van der Waals surface area (Å²) >= 11 is 5.04. The molecule has 1 atom stereocenters. The van der Waals surface area contributed by atoms with Gasteiger partial charge in [0.2, 0.25) is 11.8 Å². The molecule has 0 spiro atoms. The van der Waals surface area contributed by atoms with E-state index in [1.807, 2.05) is 24.3 Å². The van der Waals surface area contributed by atoms with Crippen LogP contribution in [0.1, 0.15) is 77.6 Å². The summed E-state index contributed by atoms with van der Waals surface area (Å²) in [6, 6.07) is 7.35. The van der Waals surface area contributed by atoms with Gasteiger partial charge >= 0.3 is 0 Å². The van der Waals surface area contributed by atoms with E-state index in [1.165, 1.54) is 62.7 Å². The number of rotatable bonds is 13. The van der Waals surface area contributed by atoms with E-state index in [9.17, 15) is 9.59 Å². The molecular formula is C22H32BrNO2S. The van der Waals surface area contributed by atoms with Gasteiger partial charge in [0.25, 0.3) is 0 Å². The summed E-state index contributed by atoms with van der Waals surface area (Å²) in [5.74, 6) is 0.830. The summed E-state index contributed by atoms with van der Waals surface area (Å²) in [6.45, 7) is 2.26. The van der Waals surface area contributed by atoms with E-state index in [0.717, 1.165) is 16.6 Å². The molecule has 0 saturated carbocycles. The molecule has 1 heterocycles. The quantitative estimate of drug-likeness (QED) is 0.245. The van der Waals surface area contributed by atoms with Gasteiger partial charge in [-0.25, -0.2) is 4.90 Å². The molecule has 0 unspecified atom stereocenters. The molecule has 1 saturated heterocycles. The Hall–Kier alpha value is -0.810. The van der Waals surface area contributed by atoms with Gasteiger partial charge < -0.3 is 0 Å². The first kappa shape index (κ1) is 22.5. The van der Waals surface area contributed by atoms with Gasteiger partial charge in [0.1, 0.15) is 0 Å². The van der Waals surface area contributed by atoms with Gasteiger partial charge in [0, 0.05) is 10.9 Å². The van der Waals surface area contributed by atoms with E-state index in [0.29, 0.717) is 12.1 Å². The molecule has 0 N–H and O–H groups in total. The number of halogens is 1. The molecule has 0 aromatic heterocycles. The van der Waals surface area contributed by atoms with Crippen LogP contribution in [0.15, 0.2) is 28.7 Å². The van der Waals surface area contributed by atoms with Crippen LogP contribution in [-0.4, -0.2) is 22.8 Å². The highest BCUT2D eigenvalue weighted by atomic mass is 79.9. The Balaban J connectivity index is 1.58. The van der Waals surface area contributed by atoms with Crippen molar-refractivity contribution in [2.45, 2.75) is 82.8 Å². The minimum Gasteiger partial charge on any atom is -0.274 e. The Morgan fingerprint density at radius 3 is 2.07 bits per heavy atom. The van der Waals surface area contributed by atoms with Gasteiger partial charge in [0.15, 0.2) is 0 Å². The zero-order valence-corrected chi connectivity index (χ0v) is 18.8. The molecule has 1 aromatic carbocycles. The molecule has 0 radical (unpaired) electrons. The second-order valence-corrected chi connectivity index (χ2v) is 9.52. The summed E-state index contributed by atoms with van der Waals surface area (Å²) in [7, 11) is 0. The molecule has 150 valence electrons. The van der Waals surface area contributed by atoms with Crippen LogP contribution >= 0.6 is 27.7 Å². The molecule has 1 aliphatic rings. The lowest BCUT2D eigenvalue weighted by Gasteiger charge is -2.15. The Labute approximate surface area is 176 Å². The van der Waals surface area contributed by atoms with Gasteiger partial charge in [-0.2, -0.15) is 0 Å². The number of nitrogens with zero attached hydrogens (tertiary/aromatic N) is 1. The summed E-state index contributed by atoms with van der Waals surface area (Å²) in [6.07, 6.45) is 13.5. The first-order valence-electron chi connectivity index (χ1n) is 10.4. The van der Waals surface area contributed by atoms with Crippen molar-refractivity contribution < 1.29 is 9.59 Å². The van der Waals surface area contributed by atoms with Crippen LogP contribution in [0.3, 0.4) is 0 Å². The fourth-order valence-electron chi connectivity index (χ4n) is 3.41. The van der Waals surface area contributed by atoms with Crippen LogP contribution < -0.4 is 4.90 Å². The van der Waals surface area contributed by atoms with Gasteiger partial charge in [-0.15, -0.1) is 11.8 Å². The summed E-state index contributed by atoms with van der Waals surface area (Å²) < 4.78 is 0.942. The maximum atomic E-state index is 12.6. The van der Waals surface area contributed by atoms with Crippen molar-refractivity contribution in [2.24, 2.45) is 0 Å². The predicted octanol–water partition coefficient (Wildman–Crippen LogP) is 6.74. The average Bonchev–Trinajstić information content (AvgIpc) is 2.94. The Morgan fingerprint density at radius 2 is 1.48 bits per heavy atom. The highest BCUT2D eigenvalue weighted by Crippen LogP contribution is 2.31. The normalized spacial score (nSPS) is 17.1. The standard InChI is InChI=1S/C22H32BrNO2S/c1-2-3-4-5-6-7-8-9-10-11-16-27-20-17-21(25)24(22(20)26)19-14-12-18(23)13-15-19/h12-15,20H,2-11,16-17H2,1H3/t20-/m0/s1. The van der Waals surface area contributed by atoms with Crippen molar-refractivity contribution in [1.82, 2.24) is 0 Å². The largest absolute Gasteiger partial charge is 0.274 e. The van der Waals surface area contributed by atoms with Crippen molar-refractivity contribution in [1.29, 1.82) is 0 Å². The summed E-state index contributed by atoms with van der Waals surface area (Å²) in [5, 5.41) is -0.209. The number of imide groups is 1. The molecular weight excluding hydrogens is 422 g/mol. The van der Waals surface area contributed by atoms with Crippen molar-refractivity contribution in [3.63, 3.8) is 0 Å². The zero-order chi connectivity index (χ0) is 19.5. The molecule has 1 aliphatic heterocycles. The number of carbonyl (C=O) groups excluding carboxylic acids is 2. The van der Waals surface area contributed by atoms with Crippen LogP contribution in [0.4, 0.5) is 5.69 Å². The number of amides is 2. The van der Waals surface area contributed by atoms with Crippen LogP contribution in [-0.2, 0) is 9.59 Å². The van der Waals surface area contributed by atoms with Crippen LogP contribution in [0.25, 0.3) is 0 Å². The number of hydrogen-bond acceptors (Lipinski definition) is 3. The molecule has 1 fully saturated rings. The Kier molecular flexibility index (Phi) is 10.5. The Morgan fingerprint density at radius 1 is 0.926 bits per heavy atom. The van der Waals surface area contributed by atoms with Crippen molar-refractivity contribution >= 4 is 45.2 Å². The molecule has 1 aromatic rings. The van der Waals surface area contributed by atoms with E-state index in [1.54, 1.807) is 11.8 Å². The smallest absolute Gasteiger partial charge is 0.247 e. The van der Waals surface area contributed by atoms with Crippen LogP contribution in [0.2, 0.25) is 0 Å². The second kappa shape index (κ2) is 12.6. The van der Waals surface area contributed by atoms with E-state index in [-0.39, 0.29) is 17.1 Å². The zero-order valence-electron chi connectivity index (χ0n) is 16.4. The second-order valence-electron chi connectivity index (χ2n) is 7.29. The van der Waals surface area contributed by atoms with Crippen molar-refractivity contribution in [3.8, 4) is 0 Å². The number of thioether (sulfide) groups is 1. The number of carbonyl (C=O) groups is 2.